The van der Waals surface area contributed by atoms with Crippen molar-refractivity contribution < 1.29 is 14.6 Å². The number of hydrogen-bond donors (Lipinski definition) is 0. The Kier molecular flexibility index (Phi) is 15.3. The maximum absolute atomic E-state index is 11.1. The van der Waals surface area contributed by atoms with Crippen molar-refractivity contribution in [1.82, 2.24) is 0 Å². The standard InChI is InChI=1S/C20H29N2O5/c1-2-3-4-5-6-7-8-9-11-14-19(21(24)25)16-17-20(22(26)27)15-12-10-13-18-23/h6-7,9,11,15-16H,2-5,8,10,12-14,17H2,1H3/b7-6-,11-9-,19-16+,20-15+. The van der Waals surface area contributed by atoms with E-state index in [1.165, 1.54) is 31.4 Å². The van der Waals surface area contributed by atoms with E-state index in [2.05, 4.69) is 13.0 Å². The van der Waals surface area contributed by atoms with Crippen LogP contribution in [0, 0.1) is 20.2 Å². The number of nitro groups is 2. The summed E-state index contributed by atoms with van der Waals surface area (Å²) >= 11 is 0. The van der Waals surface area contributed by atoms with Gasteiger partial charge in [-0.15, -0.1) is 0 Å². The lowest BCUT2D eigenvalue weighted by molar-refractivity contribution is -0.431. The molecule has 7 heteroatoms. The van der Waals surface area contributed by atoms with Crippen LogP contribution in [-0.2, 0) is 4.79 Å². The lowest BCUT2D eigenvalue weighted by Crippen LogP contribution is -2.01. The molecule has 0 bridgehead atoms. The minimum atomic E-state index is -0.544. The molecule has 149 valence electrons. The lowest BCUT2D eigenvalue weighted by Gasteiger charge is -1.97. The Morgan fingerprint density at radius 1 is 0.852 bits per heavy atom. The third-order valence-corrected chi connectivity index (χ3v) is 3.79. The Bertz CT molecular complexity index is 577. The number of unbranched alkanes of at least 4 members (excludes halogenated alkanes) is 5. The summed E-state index contributed by atoms with van der Waals surface area (Å²) in [6.45, 7) is 2.16. The molecular formula is C20H29N2O5. The molecule has 0 atom stereocenters. The molecule has 1 radical (unpaired) electrons. The van der Waals surface area contributed by atoms with Crippen LogP contribution < -0.4 is 0 Å². The topological polar surface area (TPSA) is 103 Å². The van der Waals surface area contributed by atoms with Gasteiger partial charge in [0.2, 0.25) is 11.4 Å². The fraction of sp³-hybridized carbons (Fsp3) is 0.550. The highest BCUT2D eigenvalue weighted by molar-refractivity contribution is 5.50. The number of nitrogens with zero attached hydrogens (tertiary/aromatic N) is 2. The van der Waals surface area contributed by atoms with Gasteiger partial charge in [-0.3, -0.25) is 25.0 Å². The number of allylic oxidation sites excluding steroid dienone is 6. The largest absolute Gasteiger partial charge is 0.291 e. The third kappa shape index (κ3) is 14.3. The van der Waals surface area contributed by atoms with E-state index in [-0.39, 0.29) is 30.7 Å². The van der Waals surface area contributed by atoms with E-state index in [9.17, 15) is 25.0 Å². The van der Waals surface area contributed by atoms with E-state index in [1.807, 2.05) is 12.2 Å². The van der Waals surface area contributed by atoms with Crippen molar-refractivity contribution in [3.63, 3.8) is 0 Å². The molecule has 0 fully saturated rings. The van der Waals surface area contributed by atoms with Crippen LogP contribution in [0.15, 0.2) is 47.9 Å². The first kappa shape index (κ1) is 24.4. The van der Waals surface area contributed by atoms with Crippen molar-refractivity contribution in [2.24, 2.45) is 0 Å². The average Bonchev–Trinajstić information content (AvgIpc) is 2.63. The summed E-state index contributed by atoms with van der Waals surface area (Å²) in [5, 5.41) is 22.1. The SMILES string of the molecule is CCCCC/C=C\C/C=C\C/C(=C\C/C(=C\CCC[C]=O)[N+](=O)[O-])[N+](=O)[O-]. The summed E-state index contributed by atoms with van der Waals surface area (Å²) in [4.78, 5) is 31.2. The van der Waals surface area contributed by atoms with Gasteiger partial charge in [0.05, 0.1) is 22.7 Å². The van der Waals surface area contributed by atoms with E-state index in [0.717, 1.165) is 6.42 Å². The highest BCUT2D eigenvalue weighted by Gasteiger charge is 2.13. The lowest BCUT2D eigenvalue weighted by atomic mass is 10.1. The number of carbonyl (C=O) groups excluding carboxylic acids is 1. The zero-order valence-corrected chi connectivity index (χ0v) is 16.0. The van der Waals surface area contributed by atoms with Gasteiger partial charge in [0, 0.05) is 6.42 Å². The van der Waals surface area contributed by atoms with Crippen LogP contribution >= 0.6 is 0 Å². The van der Waals surface area contributed by atoms with E-state index in [4.69, 9.17) is 0 Å². The average molecular weight is 377 g/mol. The van der Waals surface area contributed by atoms with Crippen LogP contribution in [0.25, 0.3) is 0 Å². The predicted molar refractivity (Wildman–Crippen MR) is 106 cm³/mol. The Morgan fingerprint density at radius 3 is 2.15 bits per heavy atom. The van der Waals surface area contributed by atoms with Gasteiger partial charge in [-0.1, -0.05) is 44.1 Å². The summed E-state index contributed by atoms with van der Waals surface area (Å²) in [7, 11) is 0. The highest BCUT2D eigenvalue weighted by Crippen LogP contribution is 2.12. The van der Waals surface area contributed by atoms with Gasteiger partial charge in [-0.25, -0.2) is 0 Å². The first-order valence-corrected chi connectivity index (χ1v) is 9.34. The quantitative estimate of drug-likeness (QED) is 0.154. The van der Waals surface area contributed by atoms with Crippen molar-refractivity contribution in [2.45, 2.75) is 71.1 Å². The molecule has 0 aliphatic carbocycles. The van der Waals surface area contributed by atoms with Crippen molar-refractivity contribution in [2.75, 3.05) is 0 Å². The minimum absolute atomic E-state index is 0.0628. The molecule has 7 nitrogen and oxygen atoms in total. The van der Waals surface area contributed by atoms with Gasteiger partial charge in [-0.2, -0.15) is 0 Å². The molecule has 27 heavy (non-hydrogen) atoms. The van der Waals surface area contributed by atoms with E-state index in [0.29, 0.717) is 19.3 Å². The van der Waals surface area contributed by atoms with Crippen LogP contribution in [0.1, 0.15) is 71.1 Å². The highest BCUT2D eigenvalue weighted by atomic mass is 16.6. The van der Waals surface area contributed by atoms with Crippen LogP contribution in [0.4, 0.5) is 0 Å². The predicted octanol–water partition coefficient (Wildman–Crippen LogP) is 5.45. The van der Waals surface area contributed by atoms with E-state index >= 15 is 0 Å². The fourth-order valence-electron chi connectivity index (χ4n) is 2.24. The van der Waals surface area contributed by atoms with Crippen molar-refractivity contribution >= 4 is 6.29 Å². The number of rotatable bonds is 16. The second-order valence-corrected chi connectivity index (χ2v) is 6.02. The van der Waals surface area contributed by atoms with Gasteiger partial charge >= 0.3 is 0 Å². The molecular weight excluding hydrogens is 348 g/mol. The molecule has 0 heterocycles. The summed E-state index contributed by atoms with van der Waals surface area (Å²) in [6.07, 6.45) is 18.5. The van der Waals surface area contributed by atoms with Gasteiger partial charge in [-0.05, 0) is 44.3 Å². The molecule has 0 unspecified atom stereocenters. The summed E-state index contributed by atoms with van der Waals surface area (Å²) in [5.41, 5.74) is -0.161. The molecule has 0 rings (SSSR count). The smallest absolute Gasteiger partial charge is 0.246 e. The Balaban J connectivity index is 4.54. The zero-order chi connectivity index (χ0) is 20.3. The molecule has 0 aromatic rings. The summed E-state index contributed by atoms with van der Waals surface area (Å²) in [5.74, 6) is 0. The second kappa shape index (κ2) is 16.9. The van der Waals surface area contributed by atoms with Gasteiger partial charge < -0.3 is 0 Å². The maximum atomic E-state index is 11.1. The van der Waals surface area contributed by atoms with Crippen LogP contribution in [0.3, 0.4) is 0 Å². The first-order chi connectivity index (χ1) is 13.0. The summed E-state index contributed by atoms with van der Waals surface area (Å²) in [6, 6.07) is 0. The molecule has 0 aromatic carbocycles. The van der Waals surface area contributed by atoms with Gasteiger partial charge in [0.25, 0.3) is 0 Å². The fourth-order valence-corrected chi connectivity index (χ4v) is 2.24. The van der Waals surface area contributed by atoms with Gasteiger partial charge in [0.15, 0.2) is 6.29 Å². The molecule has 0 aromatic heterocycles. The molecule has 0 spiro atoms. The molecule has 0 saturated carbocycles. The normalized spacial score (nSPS) is 12.8. The third-order valence-electron chi connectivity index (χ3n) is 3.79. The Morgan fingerprint density at radius 2 is 1.52 bits per heavy atom. The van der Waals surface area contributed by atoms with Crippen LogP contribution in [-0.4, -0.2) is 16.1 Å². The van der Waals surface area contributed by atoms with Crippen LogP contribution in [0.2, 0.25) is 0 Å². The second-order valence-electron chi connectivity index (χ2n) is 6.02. The molecule has 0 aliphatic rings. The molecule has 0 amide bonds. The van der Waals surface area contributed by atoms with Crippen molar-refractivity contribution in [3.05, 3.63) is 68.1 Å². The number of hydrogen-bond acceptors (Lipinski definition) is 5. The van der Waals surface area contributed by atoms with Crippen LogP contribution in [0.5, 0.6) is 0 Å². The van der Waals surface area contributed by atoms with E-state index < -0.39 is 9.85 Å². The van der Waals surface area contributed by atoms with Gasteiger partial charge in [0.1, 0.15) is 0 Å². The first-order valence-electron chi connectivity index (χ1n) is 9.34. The van der Waals surface area contributed by atoms with Crippen molar-refractivity contribution in [3.8, 4) is 0 Å². The summed E-state index contributed by atoms with van der Waals surface area (Å²) < 4.78 is 0. The maximum Gasteiger partial charge on any atom is 0.246 e. The molecule has 0 N–H and O–H groups in total. The Labute approximate surface area is 160 Å². The van der Waals surface area contributed by atoms with Crippen molar-refractivity contribution in [1.29, 1.82) is 0 Å². The van der Waals surface area contributed by atoms with E-state index in [1.54, 1.807) is 12.4 Å². The zero-order valence-electron chi connectivity index (χ0n) is 16.0. The minimum Gasteiger partial charge on any atom is -0.291 e. The Hall–Kier alpha value is -2.57. The monoisotopic (exact) mass is 377 g/mol. The molecule has 0 aliphatic heterocycles. The molecule has 0 saturated heterocycles.